The molecular weight excluding hydrogens is 357 g/mol. The van der Waals surface area contributed by atoms with E-state index in [1.165, 1.54) is 0 Å². The molecule has 0 spiro atoms. The van der Waals surface area contributed by atoms with Crippen LogP contribution in [-0.4, -0.2) is 35.8 Å². The fourth-order valence-corrected chi connectivity index (χ4v) is 2.63. The molecule has 1 aromatic rings. The lowest BCUT2D eigenvalue weighted by molar-refractivity contribution is -0.176. The van der Waals surface area contributed by atoms with Crippen molar-refractivity contribution >= 4 is 17.4 Å². The fourth-order valence-electron chi connectivity index (χ4n) is 2.34. The Bertz CT molecular complexity index is 596. The highest BCUT2D eigenvalue weighted by molar-refractivity contribution is 6.31. The molecule has 0 aromatic carbocycles. The predicted molar refractivity (Wildman–Crippen MR) is 89.4 cm³/mol. The molecule has 1 aliphatic heterocycles. The van der Waals surface area contributed by atoms with Gasteiger partial charge in [0.05, 0.1) is 24.1 Å². The lowest BCUT2D eigenvalue weighted by Gasteiger charge is -2.30. The molecule has 0 saturated carbocycles. The molecule has 0 unspecified atom stereocenters. The number of aryl methyl sites for hydroxylation is 1. The summed E-state index contributed by atoms with van der Waals surface area (Å²) < 4.78 is 41.1. The van der Waals surface area contributed by atoms with E-state index in [0.717, 1.165) is 0 Å². The molecule has 2 heterocycles. The largest absolute Gasteiger partial charge is 0.411 e. The van der Waals surface area contributed by atoms with Gasteiger partial charge >= 0.3 is 6.18 Å². The third-order valence-electron chi connectivity index (χ3n) is 3.59. The van der Waals surface area contributed by atoms with Crippen molar-refractivity contribution in [2.45, 2.75) is 46.4 Å². The number of hydrogen-bond acceptors (Lipinski definition) is 5. The molecule has 25 heavy (non-hydrogen) atoms. The van der Waals surface area contributed by atoms with Crippen LogP contribution in [0.2, 0.25) is 5.15 Å². The molecule has 0 amide bonds. The number of rotatable bonds is 4. The Morgan fingerprint density at radius 1 is 1.28 bits per heavy atom. The van der Waals surface area contributed by atoms with Crippen molar-refractivity contribution in [2.24, 2.45) is 5.92 Å². The average Bonchev–Trinajstić information content (AvgIpc) is 2.58. The monoisotopic (exact) mass is 378 g/mol. The molecular formula is C16H22ClF3N4O. The Hall–Kier alpha value is -1.59. The Balaban J connectivity index is 0.00000151. The van der Waals surface area contributed by atoms with Crippen LogP contribution in [0.4, 0.5) is 19.0 Å². The normalized spacial score (nSPS) is 15.4. The molecule has 1 saturated heterocycles. The predicted octanol–water partition coefficient (Wildman–Crippen LogP) is 4.28. The third kappa shape index (κ3) is 6.67. The van der Waals surface area contributed by atoms with E-state index in [9.17, 15) is 13.2 Å². The summed E-state index contributed by atoms with van der Waals surface area (Å²) in [7, 11) is 0. The number of piperidine rings is 1. The smallest absolute Gasteiger partial charge is 0.366 e. The summed E-state index contributed by atoms with van der Waals surface area (Å²) >= 11 is 6.11. The van der Waals surface area contributed by atoms with E-state index in [1.54, 1.807) is 6.92 Å². The van der Waals surface area contributed by atoms with Crippen LogP contribution in [0.3, 0.4) is 0 Å². The van der Waals surface area contributed by atoms with Gasteiger partial charge in [0.2, 0.25) is 0 Å². The highest BCUT2D eigenvalue weighted by atomic mass is 35.5. The second-order valence-electron chi connectivity index (χ2n) is 5.37. The van der Waals surface area contributed by atoms with Crippen molar-refractivity contribution in [1.82, 2.24) is 9.97 Å². The molecule has 1 fully saturated rings. The van der Waals surface area contributed by atoms with E-state index in [0.29, 0.717) is 43.1 Å². The number of anilines is 1. The maximum Gasteiger partial charge on any atom is 0.411 e. The van der Waals surface area contributed by atoms with E-state index >= 15 is 0 Å². The quantitative estimate of drug-likeness (QED) is 0.782. The summed E-state index contributed by atoms with van der Waals surface area (Å²) in [6.45, 7) is 5.23. The maximum absolute atomic E-state index is 12.1. The second kappa shape index (κ2) is 9.78. The summed E-state index contributed by atoms with van der Waals surface area (Å²) in [4.78, 5) is 10.4. The molecule has 0 bridgehead atoms. The number of aromatic nitrogens is 2. The van der Waals surface area contributed by atoms with Crippen molar-refractivity contribution in [3.05, 3.63) is 16.5 Å². The summed E-state index contributed by atoms with van der Waals surface area (Å²) in [6, 6.07) is 2.23. The van der Waals surface area contributed by atoms with Crippen molar-refractivity contribution in [3.63, 3.8) is 0 Å². The summed E-state index contributed by atoms with van der Waals surface area (Å²) in [6.07, 6.45) is -2.99. The first kappa shape index (κ1) is 21.5. The molecule has 9 heteroatoms. The Morgan fingerprint density at radius 3 is 2.40 bits per heavy atom. The van der Waals surface area contributed by atoms with Crippen LogP contribution < -0.4 is 4.90 Å². The zero-order valence-electron chi connectivity index (χ0n) is 14.5. The summed E-state index contributed by atoms with van der Waals surface area (Å²) in [5, 5.41) is 9.12. The van der Waals surface area contributed by atoms with Crippen LogP contribution in [0.1, 0.15) is 38.1 Å². The van der Waals surface area contributed by atoms with Crippen molar-refractivity contribution in [3.8, 4) is 6.07 Å². The standard InChI is InChI=1S/C14H16ClF3N4O.C2H6/c1-9-11(7-23-8-14(16,17)18)21-13(12(15)20-9)22-4-2-10(6-19)3-5-22;1-2/h10H,2-5,7-8H2,1H3;1-2H3. The number of ether oxygens (including phenoxy) is 1. The molecule has 1 aromatic heterocycles. The first-order chi connectivity index (χ1) is 11.8. The highest BCUT2D eigenvalue weighted by Gasteiger charge is 2.28. The minimum absolute atomic E-state index is 0.0121. The van der Waals surface area contributed by atoms with Gasteiger partial charge in [-0.1, -0.05) is 25.4 Å². The first-order valence-electron chi connectivity index (χ1n) is 8.12. The van der Waals surface area contributed by atoms with Gasteiger partial charge in [-0.05, 0) is 19.8 Å². The fraction of sp³-hybridized carbons (Fsp3) is 0.688. The average molecular weight is 379 g/mol. The molecule has 0 N–H and O–H groups in total. The molecule has 2 rings (SSSR count). The van der Waals surface area contributed by atoms with E-state index in [2.05, 4.69) is 20.8 Å². The minimum Gasteiger partial charge on any atom is -0.366 e. The SMILES string of the molecule is CC.Cc1nc(Cl)c(N2CCC(C#N)CC2)nc1COCC(F)(F)F. The van der Waals surface area contributed by atoms with Gasteiger partial charge in [0.25, 0.3) is 0 Å². The van der Waals surface area contributed by atoms with Crippen LogP contribution in [0.15, 0.2) is 0 Å². The molecule has 0 aliphatic carbocycles. The Morgan fingerprint density at radius 2 is 1.88 bits per heavy atom. The lowest BCUT2D eigenvalue weighted by atomic mass is 9.99. The van der Waals surface area contributed by atoms with Gasteiger partial charge < -0.3 is 9.64 Å². The molecule has 5 nitrogen and oxygen atoms in total. The van der Waals surface area contributed by atoms with Gasteiger partial charge in [0.15, 0.2) is 11.0 Å². The first-order valence-corrected chi connectivity index (χ1v) is 8.50. The van der Waals surface area contributed by atoms with Crippen LogP contribution >= 0.6 is 11.6 Å². The number of alkyl halides is 3. The van der Waals surface area contributed by atoms with E-state index in [1.807, 2.05) is 18.7 Å². The lowest BCUT2D eigenvalue weighted by Crippen LogP contribution is -2.34. The third-order valence-corrected chi connectivity index (χ3v) is 3.84. The van der Waals surface area contributed by atoms with Crippen molar-refractivity contribution in [2.75, 3.05) is 24.6 Å². The van der Waals surface area contributed by atoms with Crippen molar-refractivity contribution < 1.29 is 17.9 Å². The van der Waals surface area contributed by atoms with Crippen molar-refractivity contribution in [1.29, 1.82) is 5.26 Å². The number of nitrogens with zero attached hydrogens (tertiary/aromatic N) is 4. The second-order valence-corrected chi connectivity index (χ2v) is 5.73. The molecule has 1 aliphatic rings. The van der Waals surface area contributed by atoms with Crippen LogP contribution in [0.25, 0.3) is 0 Å². The molecule has 0 atom stereocenters. The Labute approximate surface area is 150 Å². The van der Waals surface area contributed by atoms with E-state index < -0.39 is 12.8 Å². The van der Waals surface area contributed by atoms with Gasteiger partial charge in [-0.2, -0.15) is 18.4 Å². The van der Waals surface area contributed by atoms with Gasteiger partial charge in [0, 0.05) is 19.0 Å². The number of hydrogen-bond donors (Lipinski definition) is 0. The molecule has 0 radical (unpaired) electrons. The summed E-state index contributed by atoms with van der Waals surface area (Å²) in [5.41, 5.74) is 0.767. The maximum atomic E-state index is 12.1. The zero-order valence-corrected chi connectivity index (χ0v) is 15.3. The van der Waals surface area contributed by atoms with Gasteiger partial charge in [-0.15, -0.1) is 0 Å². The topological polar surface area (TPSA) is 62.0 Å². The summed E-state index contributed by atoms with van der Waals surface area (Å²) in [5.74, 6) is 0.442. The van der Waals surface area contributed by atoms with Crippen LogP contribution in [0, 0.1) is 24.2 Å². The zero-order chi connectivity index (χ0) is 19.0. The molecule has 140 valence electrons. The Kier molecular flexibility index (Phi) is 8.39. The van der Waals surface area contributed by atoms with E-state index in [-0.39, 0.29) is 17.7 Å². The van der Waals surface area contributed by atoms with Gasteiger partial charge in [0.1, 0.15) is 6.61 Å². The van der Waals surface area contributed by atoms with E-state index in [4.69, 9.17) is 16.9 Å². The highest BCUT2D eigenvalue weighted by Crippen LogP contribution is 2.28. The van der Waals surface area contributed by atoms with Crippen LogP contribution in [-0.2, 0) is 11.3 Å². The number of halogens is 4. The number of nitriles is 1. The minimum atomic E-state index is -4.38. The van der Waals surface area contributed by atoms with Crippen LogP contribution in [0.5, 0.6) is 0 Å². The van der Waals surface area contributed by atoms with Gasteiger partial charge in [-0.3, -0.25) is 0 Å². The van der Waals surface area contributed by atoms with Gasteiger partial charge in [-0.25, -0.2) is 9.97 Å².